The molecule has 90 valence electrons. The second-order valence-corrected chi connectivity index (χ2v) is 5.06. The van der Waals surface area contributed by atoms with Gasteiger partial charge in [0.05, 0.1) is 12.1 Å². The van der Waals surface area contributed by atoms with Crippen LogP contribution in [0.5, 0.6) is 5.75 Å². The number of rotatable bonds is 4. The summed E-state index contributed by atoms with van der Waals surface area (Å²) in [7, 11) is 1.67. The lowest BCUT2D eigenvalue weighted by molar-refractivity contribution is 0.414. The third-order valence-electron chi connectivity index (χ3n) is 2.46. The summed E-state index contributed by atoms with van der Waals surface area (Å²) < 4.78 is 7.83. The molecule has 3 nitrogen and oxygen atoms in total. The van der Waals surface area contributed by atoms with Gasteiger partial charge in [-0.25, -0.2) is 0 Å². The van der Waals surface area contributed by atoms with Crippen molar-refractivity contribution in [3.63, 3.8) is 0 Å². The summed E-state index contributed by atoms with van der Waals surface area (Å²) in [6, 6.07) is 8.06. The minimum atomic E-state index is 0.709. The quantitative estimate of drug-likeness (QED) is 0.780. The third-order valence-corrected chi connectivity index (χ3v) is 3.86. The number of aromatic nitrogens is 2. The summed E-state index contributed by atoms with van der Waals surface area (Å²) in [4.78, 5) is 0. The van der Waals surface area contributed by atoms with Crippen molar-refractivity contribution in [2.75, 3.05) is 7.11 Å². The van der Waals surface area contributed by atoms with Crippen LogP contribution < -0.4 is 4.74 Å². The van der Waals surface area contributed by atoms with Crippen molar-refractivity contribution in [2.45, 2.75) is 13.0 Å². The highest BCUT2D eigenvalue weighted by atomic mass is 127. The standard InChI is InChI=1S/C12H12ClIN2O/c1-17-10-4-2-9(3-5-10)6-7-16-8-11(13)12(14)15-16/h2-5,8H,6-7H2,1H3. The van der Waals surface area contributed by atoms with Gasteiger partial charge in [0.15, 0.2) is 0 Å². The van der Waals surface area contributed by atoms with Gasteiger partial charge in [-0.15, -0.1) is 0 Å². The van der Waals surface area contributed by atoms with E-state index in [1.807, 2.05) is 23.0 Å². The fourth-order valence-electron chi connectivity index (χ4n) is 1.52. The van der Waals surface area contributed by atoms with Crippen LogP contribution in [-0.4, -0.2) is 16.9 Å². The van der Waals surface area contributed by atoms with Crippen molar-refractivity contribution in [3.8, 4) is 5.75 Å². The Kier molecular flexibility index (Phi) is 4.28. The zero-order valence-electron chi connectivity index (χ0n) is 9.36. The second kappa shape index (κ2) is 5.73. The first kappa shape index (κ1) is 12.7. The average Bonchev–Trinajstić information content (AvgIpc) is 2.67. The van der Waals surface area contributed by atoms with Crippen LogP contribution in [0.25, 0.3) is 0 Å². The smallest absolute Gasteiger partial charge is 0.141 e. The minimum absolute atomic E-state index is 0.709. The van der Waals surface area contributed by atoms with Crippen LogP contribution in [0.15, 0.2) is 30.5 Å². The molecular formula is C12H12ClIN2O. The van der Waals surface area contributed by atoms with Crippen LogP contribution >= 0.6 is 34.2 Å². The molecule has 5 heteroatoms. The third kappa shape index (κ3) is 3.35. The Balaban J connectivity index is 1.97. The van der Waals surface area contributed by atoms with Crippen LogP contribution in [0, 0.1) is 3.70 Å². The maximum absolute atomic E-state index is 5.94. The van der Waals surface area contributed by atoms with Crippen molar-refractivity contribution < 1.29 is 4.74 Å². The fourth-order valence-corrected chi connectivity index (χ4v) is 2.09. The largest absolute Gasteiger partial charge is 0.497 e. The van der Waals surface area contributed by atoms with Gasteiger partial charge in [-0.05, 0) is 46.7 Å². The van der Waals surface area contributed by atoms with E-state index < -0.39 is 0 Å². The molecule has 0 saturated carbocycles. The van der Waals surface area contributed by atoms with Gasteiger partial charge in [-0.2, -0.15) is 5.10 Å². The van der Waals surface area contributed by atoms with Crippen molar-refractivity contribution in [2.24, 2.45) is 0 Å². The van der Waals surface area contributed by atoms with Gasteiger partial charge < -0.3 is 4.74 Å². The molecule has 2 aromatic rings. The first-order valence-electron chi connectivity index (χ1n) is 5.20. The molecule has 2 rings (SSSR count). The predicted octanol–water partition coefficient (Wildman–Crippen LogP) is 3.39. The van der Waals surface area contributed by atoms with Gasteiger partial charge in [0.1, 0.15) is 9.45 Å². The SMILES string of the molecule is COc1ccc(CCn2cc(Cl)c(I)n2)cc1. The molecule has 0 fully saturated rings. The first-order chi connectivity index (χ1) is 8.19. The van der Waals surface area contributed by atoms with Gasteiger partial charge in [0.25, 0.3) is 0 Å². The van der Waals surface area contributed by atoms with Crippen LogP contribution in [0.2, 0.25) is 5.02 Å². The normalized spacial score (nSPS) is 10.5. The Morgan fingerprint density at radius 2 is 2.06 bits per heavy atom. The van der Waals surface area contributed by atoms with E-state index in [-0.39, 0.29) is 0 Å². The van der Waals surface area contributed by atoms with Crippen molar-refractivity contribution in [1.82, 2.24) is 9.78 Å². The molecule has 17 heavy (non-hydrogen) atoms. The molecule has 0 aliphatic rings. The summed E-state index contributed by atoms with van der Waals surface area (Å²) in [6.45, 7) is 0.828. The maximum Gasteiger partial charge on any atom is 0.141 e. The zero-order chi connectivity index (χ0) is 12.3. The first-order valence-corrected chi connectivity index (χ1v) is 6.66. The molecule has 0 saturated heterocycles. The van der Waals surface area contributed by atoms with E-state index in [9.17, 15) is 0 Å². The van der Waals surface area contributed by atoms with E-state index in [4.69, 9.17) is 16.3 Å². The molecule has 0 bridgehead atoms. The van der Waals surface area contributed by atoms with Gasteiger partial charge >= 0.3 is 0 Å². The molecule has 1 aromatic carbocycles. The molecule has 0 aliphatic carbocycles. The van der Waals surface area contributed by atoms with E-state index in [1.165, 1.54) is 5.56 Å². The second-order valence-electron chi connectivity index (χ2n) is 3.63. The predicted molar refractivity (Wildman–Crippen MR) is 76.7 cm³/mol. The van der Waals surface area contributed by atoms with Crippen LogP contribution in [-0.2, 0) is 13.0 Å². The van der Waals surface area contributed by atoms with Gasteiger partial charge in [-0.3, -0.25) is 4.68 Å². The Morgan fingerprint density at radius 1 is 1.35 bits per heavy atom. The van der Waals surface area contributed by atoms with Crippen molar-refractivity contribution in [1.29, 1.82) is 0 Å². The zero-order valence-corrected chi connectivity index (χ0v) is 12.3. The monoisotopic (exact) mass is 362 g/mol. The summed E-state index contributed by atoms with van der Waals surface area (Å²) in [5.41, 5.74) is 1.26. The van der Waals surface area contributed by atoms with Gasteiger partial charge in [0, 0.05) is 12.7 Å². The summed E-state index contributed by atoms with van der Waals surface area (Å²) in [5.74, 6) is 0.880. The number of hydrogen-bond acceptors (Lipinski definition) is 2. The number of hydrogen-bond donors (Lipinski definition) is 0. The molecule has 1 heterocycles. The number of methoxy groups -OCH3 is 1. The number of benzene rings is 1. The highest BCUT2D eigenvalue weighted by Gasteiger charge is 2.03. The summed E-state index contributed by atoms with van der Waals surface area (Å²) >= 11 is 8.07. The maximum atomic E-state index is 5.94. The van der Waals surface area contributed by atoms with Crippen LogP contribution in [0.3, 0.4) is 0 Å². The fraction of sp³-hybridized carbons (Fsp3) is 0.250. The molecule has 0 spiro atoms. The molecule has 0 atom stereocenters. The Bertz CT molecular complexity index is 476. The lowest BCUT2D eigenvalue weighted by Gasteiger charge is -2.03. The number of ether oxygens (including phenoxy) is 1. The van der Waals surface area contributed by atoms with E-state index in [1.54, 1.807) is 7.11 Å². The lowest BCUT2D eigenvalue weighted by atomic mass is 10.1. The van der Waals surface area contributed by atoms with Crippen LogP contribution in [0.1, 0.15) is 5.56 Å². The van der Waals surface area contributed by atoms with E-state index in [0.29, 0.717) is 5.02 Å². The molecule has 0 N–H and O–H groups in total. The number of aryl methyl sites for hydroxylation is 2. The molecule has 1 aromatic heterocycles. The van der Waals surface area contributed by atoms with Crippen molar-refractivity contribution in [3.05, 3.63) is 44.7 Å². The van der Waals surface area contributed by atoms with Crippen molar-refractivity contribution >= 4 is 34.2 Å². The molecule has 0 radical (unpaired) electrons. The highest BCUT2D eigenvalue weighted by Crippen LogP contribution is 2.16. The molecular weight excluding hydrogens is 351 g/mol. The Labute approximate surface area is 119 Å². The Hall–Kier alpha value is -0.750. The lowest BCUT2D eigenvalue weighted by Crippen LogP contribution is -2.02. The molecule has 0 unspecified atom stereocenters. The summed E-state index contributed by atoms with van der Waals surface area (Å²) in [5, 5.41) is 5.01. The van der Waals surface area contributed by atoms with Gasteiger partial charge in [0.2, 0.25) is 0 Å². The topological polar surface area (TPSA) is 27.1 Å². The summed E-state index contributed by atoms with van der Waals surface area (Å²) in [6.07, 6.45) is 2.78. The minimum Gasteiger partial charge on any atom is -0.497 e. The highest BCUT2D eigenvalue weighted by molar-refractivity contribution is 14.1. The Morgan fingerprint density at radius 3 is 2.59 bits per heavy atom. The van der Waals surface area contributed by atoms with E-state index >= 15 is 0 Å². The van der Waals surface area contributed by atoms with Crippen LogP contribution in [0.4, 0.5) is 0 Å². The number of nitrogens with zero attached hydrogens (tertiary/aromatic N) is 2. The van der Waals surface area contributed by atoms with Gasteiger partial charge in [-0.1, -0.05) is 23.7 Å². The van der Waals surface area contributed by atoms with E-state index in [2.05, 4.69) is 39.8 Å². The molecule has 0 aliphatic heterocycles. The number of halogens is 2. The average molecular weight is 363 g/mol. The van der Waals surface area contributed by atoms with E-state index in [0.717, 1.165) is 22.4 Å². The molecule has 0 amide bonds.